The molecule has 1 aromatic heterocycles. The molecule has 1 unspecified atom stereocenters. The van der Waals surface area contributed by atoms with E-state index in [0.29, 0.717) is 5.02 Å². The van der Waals surface area contributed by atoms with E-state index in [1.54, 1.807) is 6.20 Å². The molecule has 0 saturated heterocycles. The summed E-state index contributed by atoms with van der Waals surface area (Å²) >= 11 is 12.1. The quantitative estimate of drug-likeness (QED) is 0.635. The molecule has 0 saturated carbocycles. The molecule has 0 aliphatic carbocycles. The van der Waals surface area contributed by atoms with Crippen molar-refractivity contribution in [1.29, 1.82) is 0 Å². The van der Waals surface area contributed by atoms with Crippen molar-refractivity contribution in [3.05, 3.63) is 51.8 Å². The van der Waals surface area contributed by atoms with Gasteiger partial charge in [-0.2, -0.15) is 5.10 Å². The number of benzene rings is 1. The van der Waals surface area contributed by atoms with Gasteiger partial charge in [-0.1, -0.05) is 42.3 Å². The Morgan fingerprint density at radius 1 is 1.30 bits per heavy atom. The summed E-state index contributed by atoms with van der Waals surface area (Å²) in [5, 5.41) is 5.65. The molecule has 1 aromatic carbocycles. The SMILES string of the molecule is CCCn1ncc(Cl)c1C(Cc1ccc(Cl)cc1)NN. The van der Waals surface area contributed by atoms with Gasteiger partial charge >= 0.3 is 0 Å². The van der Waals surface area contributed by atoms with E-state index in [4.69, 9.17) is 29.0 Å². The van der Waals surface area contributed by atoms with Gasteiger partial charge in [-0.3, -0.25) is 16.0 Å². The van der Waals surface area contributed by atoms with Crippen LogP contribution in [-0.4, -0.2) is 9.78 Å². The number of nitrogens with one attached hydrogen (secondary N) is 1. The topological polar surface area (TPSA) is 55.9 Å². The summed E-state index contributed by atoms with van der Waals surface area (Å²) in [4.78, 5) is 0. The van der Waals surface area contributed by atoms with Crippen molar-refractivity contribution in [2.75, 3.05) is 0 Å². The molecule has 2 rings (SSSR count). The van der Waals surface area contributed by atoms with E-state index < -0.39 is 0 Å². The average molecular weight is 313 g/mol. The molecular formula is C14H18Cl2N4. The Morgan fingerprint density at radius 3 is 2.60 bits per heavy atom. The molecule has 0 bridgehead atoms. The highest BCUT2D eigenvalue weighted by atomic mass is 35.5. The van der Waals surface area contributed by atoms with Crippen LogP contribution in [0.2, 0.25) is 10.0 Å². The Bertz CT molecular complexity index is 551. The first-order valence-electron chi connectivity index (χ1n) is 6.57. The molecule has 6 heteroatoms. The maximum atomic E-state index is 6.25. The van der Waals surface area contributed by atoms with Gasteiger partial charge < -0.3 is 0 Å². The largest absolute Gasteiger partial charge is 0.271 e. The van der Waals surface area contributed by atoms with Gasteiger partial charge in [-0.15, -0.1) is 0 Å². The van der Waals surface area contributed by atoms with Crippen molar-refractivity contribution in [3.8, 4) is 0 Å². The van der Waals surface area contributed by atoms with E-state index in [1.165, 1.54) is 0 Å². The summed E-state index contributed by atoms with van der Waals surface area (Å²) in [6.45, 7) is 2.92. The number of hydrogen-bond donors (Lipinski definition) is 2. The number of nitrogens with zero attached hydrogens (tertiary/aromatic N) is 2. The van der Waals surface area contributed by atoms with Gasteiger partial charge in [0, 0.05) is 11.6 Å². The van der Waals surface area contributed by atoms with Crippen LogP contribution >= 0.6 is 23.2 Å². The van der Waals surface area contributed by atoms with E-state index in [2.05, 4.69) is 17.4 Å². The van der Waals surface area contributed by atoms with Crippen LogP contribution in [0, 0.1) is 0 Å². The highest BCUT2D eigenvalue weighted by molar-refractivity contribution is 6.31. The molecule has 0 radical (unpaired) electrons. The minimum Gasteiger partial charge on any atom is -0.271 e. The predicted molar refractivity (Wildman–Crippen MR) is 82.7 cm³/mol. The molecule has 0 amide bonds. The molecule has 1 atom stereocenters. The Kier molecular flexibility index (Phi) is 5.43. The average Bonchev–Trinajstić information content (AvgIpc) is 2.80. The number of hydrogen-bond acceptors (Lipinski definition) is 3. The number of nitrogens with two attached hydrogens (primary N) is 1. The summed E-state index contributed by atoms with van der Waals surface area (Å²) in [6.07, 6.45) is 3.38. The second-order valence-electron chi connectivity index (χ2n) is 4.65. The van der Waals surface area contributed by atoms with Crippen molar-refractivity contribution in [3.63, 3.8) is 0 Å². The van der Waals surface area contributed by atoms with E-state index in [9.17, 15) is 0 Å². The zero-order chi connectivity index (χ0) is 14.5. The summed E-state index contributed by atoms with van der Waals surface area (Å²) in [6, 6.07) is 7.63. The molecule has 0 spiro atoms. The van der Waals surface area contributed by atoms with Crippen LogP contribution in [0.3, 0.4) is 0 Å². The second kappa shape index (κ2) is 7.09. The molecule has 108 valence electrons. The molecule has 20 heavy (non-hydrogen) atoms. The monoisotopic (exact) mass is 312 g/mol. The highest BCUT2D eigenvalue weighted by Crippen LogP contribution is 2.26. The molecule has 4 nitrogen and oxygen atoms in total. The third-order valence-corrected chi connectivity index (χ3v) is 3.70. The summed E-state index contributed by atoms with van der Waals surface area (Å²) in [5.74, 6) is 5.70. The van der Waals surface area contributed by atoms with Crippen molar-refractivity contribution in [2.24, 2.45) is 5.84 Å². The molecule has 0 aliphatic rings. The van der Waals surface area contributed by atoms with E-state index in [1.807, 2.05) is 28.9 Å². The minimum atomic E-state index is -0.0854. The Labute approximate surface area is 128 Å². The first-order chi connectivity index (χ1) is 9.65. The first kappa shape index (κ1) is 15.3. The zero-order valence-corrected chi connectivity index (χ0v) is 12.8. The number of halogens is 2. The van der Waals surface area contributed by atoms with Gasteiger partial charge in [0.05, 0.1) is 23.0 Å². The molecule has 3 N–H and O–H groups in total. The number of rotatable bonds is 6. The van der Waals surface area contributed by atoms with Gasteiger partial charge in [0.1, 0.15) is 0 Å². The van der Waals surface area contributed by atoms with Crippen LogP contribution in [0.4, 0.5) is 0 Å². The van der Waals surface area contributed by atoms with Crippen LogP contribution < -0.4 is 11.3 Å². The van der Waals surface area contributed by atoms with Crippen molar-refractivity contribution in [1.82, 2.24) is 15.2 Å². The maximum Gasteiger partial charge on any atom is 0.0834 e. The normalized spacial score (nSPS) is 12.6. The number of aromatic nitrogens is 2. The molecule has 0 aliphatic heterocycles. The van der Waals surface area contributed by atoms with Crippen molar-refractivity contribution in [2.45, 2.75) is 32.4 Å². The van der Waals surface area contributed by atoms with Crippen LogP contribution in [-0.2, 0) is 13.0 Å². The zero-order valence-electron chi connectivity index (χ0n) is 11.3. The molecular weight excluding hydrogens is 295 g/mol. The maximum absolute atomic E-state index is 6.25. The lowest BCUT2D eigenvalue weighted by atomic mass is 10.0. The fourth-order valence-corrected chi connectivity index (χ4v) is 2.60. The molecule has 2 aromatic rings. The minimum absolute atomic E-state index is 0.0854. The van der Waals surface area contributed by atoms with Crippen molar-refractivity contribution >= 4 is 23.2 Å². The van der Waals surface area contributed by atoms with Gasteiger partial charge in [0.2, 0.25) is 0 Å². The van der Waals surface area contributed by atoms with E-state index in [0.717, 1.165) is 35.7 Å². The standard InChI is InChI=1S/C14H18Cl2N4/c1-2-7-20-14(12(16)9-18-20)13(19-17)8-10-3-5-11(15)6-4-10/h3-6,9,13,19H,2,7-8,17H2,1H3. The third kappa shape index (κ3) is 3.52. The Balaban J connectivity index is 2.23. The van der Waals surface area contributed by atoms with Gasteiger partial charge in [-0.25, -0.2) is 0 Å². The fraction of sp³-hybridized carbons (Fsp3) is 0.357. The summed E-state index contributed by atoms with van der Waals surface area (Å²) in [7, 11) is 0. The molecule has 1 heterocycles. The first-order valence-corrected chi connectivity index (χ1v) is 7.33. The lowest BCUT2D eigenvalue weighted by Gasteiger charge is -2.18. The number of hydrazine groups is 1. The van der Waals surface area contributed by atoms with Crippen LogP contribution in [0.1, 0.15) is 30.6 Å². The van der Waals surface area contributed by atoms with Gasteiger partial charge in [0.25, 0.3) is 0 Å². The predicted octanol–water partition coefficient (Wildman–Crippen LogP) is 3.35. The Morgan fingerprint density at radius 2 is 2.00 bits per heavy atom. The lowest BCUT2D eigenvalue weighted by Crippen LogP contribution is -2.31. The lowest BCUT2D eigenvalue weighted by molar-refractivity contribution is 0.478. The molecule has 0 fully saturated rings. The van der Waals surface area contributed by atoms with Crippen LogP contribution in [0.5, 0.6) is 0 Å². The van der Waals surface area contributed by atoms with Crippen molar-refractivity contribution < 1.29 is 0 Å². The Hall–Kier alpha value is -1.07. The van der Waals surface area contributed by atoms with Gasteiger partial charge in [0.15, 0.2) is 0 Å². The van der Waals surface area contributed by atoms with E-state index >= 15 is 0 Å². The second-order valence-corrected chi connectivity index (χ2v) is 5.49. The fourth-order valence-electron chi connectivity index (χ4n) is 2.20. The number of aryl methyl sites for hydroxylation is 1. The van der Waals surface area contributed by atoms with Crippen LogP contribution in [0.15, 0.2) is 30.5 Å². The summed E-state index contributed by atoms with van der Waals surface area (Å²) in [5.41, 5.74) is 4.89. The smallest absolute Gasteiger partial charge is 0.0834 e. The highest BCUT2D eigenvalue weighted by Gasteiger charge is 2.19. The van der Waals surface area contributed by atoms with Crippen LogP contribution in [0.25, 0.3) is 0 Å². The third-order valence-electron chi connectivity index (χ3n) is 3.15. The summed E-state index contributed by atoms with van der Waals surface area (Å²) < 4.78 is 1.91. The van der Waals surface area contributed by atoms with Gasteiger partial charge in [-0.05, 0) is 30.5 Å². The van der Waals surface area contributed by atoms with E-state index in [-0.39, 0.29) is 6.04 Å².